The fourth-order valence-electron chi connectivity index (χ4n) is 2.94. The summed E-state index contributed by atoms with van der Waals surface area (Å²) in [6.07, 6.45) is 1.63. The summed E-state index contributed by atoms with van der Waals surface area (Å²) in [4.78, 5) is 3.97. The number of hydrogen-bond acceptors (Lipinski definition) is 6. The van der Waals surface area contributed by atoms with Crippen LogP contribution in [0.3, 0.4) is 0 Å². The van der Waals surface area contributed by atoms with Crippen molar-refractivity contribution in [1.82, 2.24) is 10.2 Å². The molecule has 0 aliphatic carbocycles. The van der Waals surface area contributed by atoms with Crippen LogP contribution in [-0.2, 0) is 0 Å². The fourth-order valence-corrected chi connectivity index (χ4v) is 2.94. The lowest BCUT2D eigenvalue weighted by atomic mass is 10.2. The lowest BCUT2D eigenvalue weighted by Crippen LogP contribution is -2.66. The van der Waals surface area contributed by atoms with Gasteiger partial charge in [0.25, 0.3) is 11.8 Å². The summed E-state index contributed by atoms with van der Waals surface area (Å²) in [6, 6.07) is 7.78. The second-order valence-electron chi connectivity index (χ2n) is 5.74. The van der Waals surface area contributed by atoms with Gasteiger partial charge in [-0.15, -0.1) is 0 Å². The maximum absolute atomic E-state index is 7.39. The molecule has 122 valence electrons. The van der Waals surface area contributed by atoms with E-state index >= 15 is 0 Å². The lowest BCUT2D eigenvalue weighted by molar-refractivity contribution is -0.764. The monoisotopic (exact) mass is 317 g/mol. The zero-order valence-corrected chi connectivity index (χ0v) is 12.7. The van der Waals surface area contributed by atoms with E-state index in [0.717, 1.165) is 44.2 Å². The highest BCUT2D eigenvalue weighted by molar-refractivity contribution is 5.40. The van der Waals surface area contributed by atoms with Crippen LogP contribution in [0.2, 0.25) is 0 Å². The molecule has 0 radical (unpaired) electrons. The molecule has 1 aromatic heterocycles. The van der Waals surface area contributed by atoms with Gasteiger partial charge in [0.05, 0.1) is 0 Å². The van der Waals surface area contributed by atoms with Crippen LogP contribution in [0.5, 0.6) is 11.5 Å². The van der Waals surface area contributed by atoms with E-state index in [0.29, 0.717) is 6.61 Å². The first-order chi connectivity index (χ1) is 11.3. The first kappa shape index (κ1) is 14.1. The van der Waals surface area contributed by atoms with E-state index in [4.69, 9.17) is 19.4 Å². The van der Waals surface area contributed by atoms with Crippen LogP contribution in [0, 0.1) is 5.41 Å². The van der Waals surface area contributed by atoms with Crippen LogP contribution in [0.4, 0.5) is 0 Å². The molecule has 23 heavy (non-hydrogen) atoms. The molecule has 0 saturated carbocycles. The van der Waals surface area contributed by atoms with Gasteiger partial charge in [-0.2, -0.15) is 0 Å². The Morgan fingerprint density at radius 3 is 2.70 bits per heavy atom. The molecular formula is C15H19N5O3. The Morgan fingerprint density at radius 1 is 1.17 bits per heavy atom. The number of ether oxygens (including phenoxy) is 2. The number of nitrogens with one attached hydrogen (secondary N) is 1. The van der Waals surface area contributed by atoms with Crippen molar-refractivity contribution >= 4 is 0 Å². The van der Waals surface area contributed by atoms with Gasteiger partial charge in [-0.3, -0.25) is 15.3 Å². The number of rotatable bonds is 3. The minimum absolute atomic E-state index is 0.0518. The smallest absolute Gasteiger partial charge is 0.286 e. The largest absolute Gasteiger partial charge is 0.486 e. The number of piperazine rings is 1. The van der Waals surface area contributed by atoms with Crippen LogP contribution in [0.15, 0.2) is 35.0 Å². The van der Waals surface area contributed by atoms with Gasteiger partial charge >= 0.3 is 0 Å². The highest BCUT2D eigenvalue weighted by Crippen LogP contribution is 2.31. The number of nitrogens with zero attached hydrogens (tertiary/aromatic N) is 4. The van der Waals surface area contributed by atoms with Crippen molar-refractivity contribution in [1.29, 1.82) is 5.41 Å². The van der Waals surface area contributed by atoms with Crippen molar-refractivity contribution in [3.63, 3.8) is 0 Å². The maximum Gasteiger partial charge on any atom is 0.286 e. The summed E-state index contributed by atoms with van der Waals surface area (Å²) in [5.41, 5.74) is 0.0684. The summed E-state index contributed by atoms with van der Waals surface area (Å²) < 4.78 is 16.6. The molecule has 1 saturated heterocycles. The van der Waals surface area contributed by atoms with Crippen LogP contribution in [0.1, 0.15) is 0 Å². The first-order valence-corrected chi connectivity index (χ1v) is 7.74. The van der Waals surface area contributed by atoms with Crippen LogP contribution in [0.25, 0.3) is 0 Å². The molecule has 4 rings (SSSR count). The third-order valence-electron chi connectivity index (χ3n) is 4.12. The van der Waals surface area contributed by atoms with Crippen LogP contribution in [-0.4, -0.2) is 50.3 Å². The Balaban J connectivity index is 1.31. The summed E-state index contributed by atoms with van der Waals surface area (Å²) in [7, 11) is 0. The number of benzene rings is 1. The van der Waals surface area contributed by atoms with Gasteiger partial charge in [0.1, 0.15) is 12.7 Å². The average molecular weight is 317 g/mol. The molecule has 8 heteroatoms. The minimum atomic E-state index is 0.0518. The third-order valence-corrected chi connectivity index (χ3v) is 4.12. The second-order valence-corrected chi connectivity index (χ2v) is 5.74. The topological polar surface area (TPSA) is 79.9 Å². The predicted molar refractivity (Wildman–Crippen MR) is 78.8 cm³/mol. The van der Waals surface area contributed by atoms with Crippen molar-refractivity contribution in [3.8, 4) is 11.5 Å². The molecule has 2 aliphatic rings. The quantitative estimate of drug-likeness (QED) is 0.739. The number of hydrogen-bond donors (Lipinski definition) is 1. The zero-order chi connectivity index (χ0) is 15.6. The van der Waals surface area contributed by atoms with E-state index in [1.807, 2.05) is 24.3 Å². The molecule has 1 fully saturated rings. The van der Waals surface area contributed by atoms with E-state index < -0.39 is 0 Å². The first-order valence-electron chi connectivity index (χ1n) is 7.74. The summed E-state index contributed by atoms with van der Waals surface area (Å²) in [5, 5.41) is 13.3. The van der Waals surface area contributed by atoms with Gasteiger partial charge < -0.3 is 14.0 Å². The molecule has 2 aliphatic heterocycles. The molecule has 8 nitrogen and oxygen atoms in total. The van der Waals surface area contributed by atoms with E-state index in [1.165, 1.54) is 0 Å². The summed E-state index contributed by atoms with van der Waals surface area (Å²) >= 11 is 0. The SMILES string of the molecule is N=c1c[n+](N2CCN(CC3COc4ccccc4O3)CC2)[n-]o1. The Kier molecular flexibility index (Phi) is 3.66. The third kappa shape index (κ3) is 3.02. The maximum atomic E-state index is 7.39. The lowest BCUT2D eigenvalue weighted by Gasteiger charge is -2.37. The van der Waals surface area contributed by atoms with Gasteiger partial charge in [-0.05, 0) is 17.4 Å². The van der Waals surface area contributed by atoms with E-state index in [1.54, 1.807) is 11.0 Å². The van der Waals surface area contributed by atoms with Gasteiger partial charge in [0.2, 0.25) is 0 Å². The molecule has 1 atom stereocenters. The average Bonchev–Trinajstić information content (AvgIpc) is 3.02. The molecule has 2 aromatic rings. The van der Waals surface area contributed by atoms with Crippen LogP contribution < -0.4 is 30.1 Å². The molecule has 1 N–H and O–H groups in total. The highest BCUT2D eigenvalue weighted by Gasteiger charge is 2.25. The van der Waals surface area contributed by atoms with Gasteiger partial charge in [-0.25, -0.2) is 0 Å². The van der Waals surface area contributed by atoms with E-state index in [9.17, 15) is 0 Å². The number of aromatic nitrogens is 2. The fraction of sp³-hybridized carbons (Fsp3) is 0.467. The van der Waals surface area contributed by atoms with Crippen LogP contribution >= 0.6 is 0 Å². The molecule has 0 spiro atoms. The van der Waals surface area contributed by atoms with Crippen molar-refractivity contribution in [2.75, 3.05) is 44.3 Å². The molecule has 1 aromatic carbocycles. The van der Waals surface area contributed by atoms with E-state index in [-0.39, 0.29) is 11.7 Å². The molecular weight excluding hydrogens is 298 g/mol. The number of para-hydroxylation sites is 2. The normalized spacial score (nSPS) is 21.4. The predicted octanol–water partition coefficient (Wildman–Crippen LogP) is -0.903. The second kappa shape index (κ2) is 5.96. The van der Waals surface area contributed by atoms with Gasteiger partial charge in [0, 0.05) is 32.7 Å². The van der Waals surface area contributed by atoms with Crippen molar-refractivity contribution in [2.45, 2.75) is 6.10 Å². The van der Waals surface area contributed by atoms with Gasteiger partial charge in [0.15, 0.2) is 11.5 Å². The zero-order valence-electron chi connectivity index (χ0n) is 12.7. The standard InChI is InChI=1S/C15H19N5O3/c16-15-10-20(17-23-15)19-7-5-18(6-8-19)9-12-11-21-13-3-1-2-4-14(13)22-12/h1-4,10,12,16H,5-9,11H2. The Morgan fingerprint density at radius 2 is 1.96 bits per heavy atom. The minimum Gasteiger partial charge on any atom is -0.486 e. The Labute approximate surface area is 133 Å². The molecule has 1 unspecified atom stereocenters. The summed E-state index contributed by atoms with van der Waals surface area (Å²) in [6.45, 7) is 4.91. The Bertz CT molecular complexity index is 720. The highest BCUT2D eigenvalue weighted by atomic mass is 16.6. The molecule has 0 amide bonds. The van der Waals surface area contributed by atoms with Gasteiger partial charge in [-0.1, -0.05) is 16.9 Å². The Hall–Kier alpha value is -2.48. The van der Waals surface area contributed by atoms with Crippen molar-refractivity contribution < 1.29 is 18.8 Å². The summed E-state index contributed by atoms with van der Waals surface area (Å²) in [5.74, 6) is 1.64. The van der Waals surface area contributed by atoms with E-state index in [2.05, 4.69) is 15.2 Å². The molecule has 3 heterocycles. The van der Waals surface area contributed by atoms with Crippen molar-refractivity contribution in [2.24, 2.45) is 0 Å². The van der Waals surface area contributed by atoms with Crippen molar-refractivity contribution in [3.05, 3.63) is 36.0 Å². The molecule has 0 bridgehead atoms. The number of fused-ring (bicyclic) bond motifs is 1.